The first-order valence-electron chi connectivity index (χ1n) is 13.2. The van der Waals surface area contributed by atoms with Crippen molar-refractivity contribution in [2.24, 2.45) is 0 Å². The maximum absolute atomic E-state index is 14.1. The third-order valence-corrected chi connectivity index (χ3v) is 9.12. The Hall–Kier alpha value is -2.91. The number of hydrogen-bond donors (Lipinski definition) is 3. The fourth-order valence-corrected chi connectivity index (χ4v) is 6.96. The van der Waals surface area contributed by atoms with Gasteiger partial charge in [0.15, 0.2) is 0 Å². The summed E-state index contributed by atoms with van der Waals surface area (Å²) >= 11 is 0. The second-order valence-corrected chi connectivity index (χ2v) is 14.7. The predicted octanol–water partition coefficient (Wildman–Crippen LogP) is 5.35. The lowest BCUT2D eigenvalue weighted by Crippen LogP contribution is -2.50. The van der Waals surface area contributed by atoms with Gasteiger partial charge in [-0.3, -0.25) is 4.79 Å². The first-order valence-corrected chi connectivity index (χ1v) is 15.8. The van der Waals surface area contributed by atoms with Crippen molar-refractivity contribution >= 4 is 40.9 Å². The van der Waals surface area contributed by atoms with Crippen LogP contribution in [0.4, 0.5) is 24.8 Å². The monoisotopic (exact) mass is 562 g/mol. The normalized spacial score (nSPS) is 20.4. The molecule has 12 heteroatoms. The second kappa shape index (κ2) is 9.93. The summed E-state index contributed by atoms with van der Waals surface area (Å²) in [5, 5.41) is 7.53. The zero-order valence-electron chi connectivity index (χ0n) is 22.6. The Morgan fingerprint density at radius 2 is 1.97 bits per heavy atom. The van der Waals surface area contributed by atoms with Crippen LogP contribution in [0.2, 0.25) is 0 Å². The quantitative estimate of drug-likeness (QED) is 0.363. The highest BCUT2D eigenvalue weighted by Gasteiger charge is 2.37. The van der Waals surface area contributed by atoms with Crippen molar-refractivity contribution in [2.45, 2.75) is 63.7 Å². The van der Waals surface area contributed by atoms with E-state index in [1.165, 1.54) is 6.20 Å². The van der Waals surface area contributed by atoms with E-state index in [-0.39, 0.29) is 34.7 Å². The molecule has 0 saturated carbocycles. The lowest BCUT2D eigenvalue weighted by Gasteiger charge is -2.36. The summed E-state index contributed by atoms with van der Waals surface area (Å²) in [5.74, 6) is 0.0693. The molecule has 4 heterocycles. The van der Waals surface area contributed by atoms with Crippen LogP contribution in [0, 0.1) is 0 Å². The molecule has 1 aromatic carbocycles. The number of anilines is 2. The highest BCUT2D eigenvalue weighted by Crippen LogP contribution is 2.45. The number of amides is 1. The molecule has 2 fully saturated rings. The van der Waals surface area contributed by atoms with Crippen LogP contribution in [0.1, 0.15) is 51.5 Å². The van der Waals surface area contributed by atoms with E-state index in [4.69, 9.17) is 0 Å². The zero-order valence-corrected chi connectivity index (χ0v) is 23.5. The number of benzene rings is 1. The second-order valence-electron chi connectivity index (χ2n) is 11.5. The molecule has 0 radical (unpaired) electrons. The minimum absolute atomic E-state index is 0.00173. The Morgan fingerprint density at radius 1 is 1.21 bits per heavy atom. The molecule has 210 valence electrons. The fourth-order valence-electron chi connectivity index (χ4n) is 5.49. The number of hydrogen-bond acceptors (Lipinski definition) is 6. The Morgan fingerprint density at radius 3 is 2.62 bits per heavy atom. The largest absolute Gasteiger partial charge is 0.419 e. The highest BCUT2D eigenvalue weighted by atomic mass is 31.2. The molecule has 2 aromatic heterocycles. The lowest BCUT2D eigenvalue weighted by atomic mass is 9.91. The summed E-state index contributed by atoms with van der Waals surface area (Å²) < 4.78 is 55.9. The van der Waals surface area contributed by atoms with Gasteiger partial charge in [-0.2, -0.15) is 13.2 Å². The predicted molar refractivity (Wildman–Crippen MR) is 148 cm³/mol. The van der Waals surface area contributed by atoms with Crippen molar-refractivity contribution in [2.75, 3.05) is 36.6 Å². The molecule has 0 unspecified atom stereocenters. The van der Waals surface area contributed by atoms with Crippen LogP contribution in [0.3, 0.4) is 0 Å². The molecule has 2 aliphatic heterocycles. The molecule has 8 nitrogen and oxygen atoms in total. The Labute approximate surface area is 225 Å². The number of rotatable bonds is 5. The van der Waals surface area contributed by atoms with Gasteiger partial charge in [0, 0.05) is 54.4 Å². The number of alkyl halides is 3. The van der Waals surface area contributed by atoms with Crippen molar-refractivity contribution in [1.82, 2.24) is 20.3 Å². The maximum Gasteiger partial charge on any atom is 0.419 e. The number of piperidine rings is 2. The molecule has 2 aliphatic rings. The summed E-state index contributed by atoms with van der Waals surface area (Å²) in [6.07, 6.45) is 1.38. The van der Waals surface area contributed by atoms with Crippen LogP contribution in [0.15, 0.2) is 24.5 Å². The number of nitrogens with zero attached hydrogens (tertiary/aromatic N) is 3. The standard InChI is InChI=1S/C27H34F3N6O2P/c1-26(2)11-10-16(13-33-26)34-25-32-15-19(27(28,29)30)22(35-25)18-14-31-23-17(18)8-9-20(24(23)39(3,4)38)36-12-6-5-7-21(36)37/h8-9,14-16,31,33H,5-7,10-13H2,1-4H3,(H,32,34,35)/t16-/m0/s1. The average molecular weight is 563 g/mol. The Kier molecular flexibility index (Phi) is 7.04. The van der Waals surface area contributed by atoms with E-state index in [1.54, 1.807) is 30.4 Å². The number of carbonyl (C=O) groups excluding carboxylic acids is 1. The Bertz CT molecular complexity index is 1450. The van der Waals surface area contributed by atoms with Crippen LogP contribution in [0.25, 0.3) is 22.2 Å². The highest BCUT2D eigenvalue weighted by molar-refractivity contribution is 7.71. The summed E-state index contributed by atoms with van der Waals surface area (Å²) in [6.45, 7) is 8.58. The Balaban J connectivity index is 1.61. The molecule has 0 bridgehead atoms. The molecule has 0 aliphatic carbocycles. The van der Waals surface area contributed by atoms with Gasteiger partial charge < -0.3 is 25.1 Å². The van der Waals surface area contributed by atoms with Crippen LogP contribution >= 0.6 is 7.14 Å². The molecular weight excluding hydrogens is 528 g/mol. The molecule has 3 aromatic rings. The van der Waals surface area contributed by atoms with Crippen molar-refractivity contribution < 1.29 is 22.5 Å². The molecule has 39 heavy (non-hydrogen) atoms. The van der Waals surface area contributed by atoms with E-state index in [0.29, 0.717) is 41.4 Å². The third kappa shape index (κ3) is 5.57. The lowest BCUT2D eigenvalue weighted by molar-refractivity contribution is -0.137. The van der Waals surface area contributed by atoms with E-state index < -0.39 is 18.9 Å². The van der Waals surface area contributed by atoms with Crippen molar-refractivity contribution in [1.29, 1.82) is 0 Å². The van der Waals surface area contributed by atoms with E-state index in [9.17, 15) is 22.5 Å². The SMILES string of the molecule is CC1(C)CC[C@H](Nc2ncc(C(F)(F)F)c(-c3c[nH]c4c(P(C)(C)=O)c(N5CCCCC5=O)ccc34)n2)CN1. The van der Waals surface area contributed by atoms with E-state index >= 15 is 0 Å². The van der Waals surface area contributed by atoms with Gasteiger partial charge in [0.25, 0.3) is 0 Å². The van der Waals surface area contributed by atoms with Crippen LogP contribution in [-0.2, 0) is 15.5 Å². The van der Waals surface area contributed by atoms with Gasteiger partial charge in [0.2, 0.25) is 11.9 Å². The van der Waals surface area contributed by atoms with Crippen LogP contribution in [-0.4, -0.2) is 58.9 Å². The number of aromatic amines is 1. The van der Waals surface area contributed by atoms with Gasteiger partial charge in [-0.25, -0.2) is 9.97 Å². The average Bonchev–Trinajstić information content (AvgIpc) is 3.27. The smallest absolute Gasteiger partial charge is 0.360 e. The number of halogens is 3. The van der Waals surface area contributed by atoms with Crippen molar-refractivity contribution in [3.8, 4) is 11.3 Å². The molecular formula is C27H34F3N6O2P. The van der Waals surface area contributed by atoms with Gasteiger partial charge in [-0.15, -0.1) is 0 Å². The third-order valence-electron chi connectivity index (χ3n) is 7.59. The summed E-state index contributed by atoms with van der Waals surface area (Å²) in [5.41, 5.74) is 0.0191. The molecule has 2 saturated heterocycles. The van der Waals surface area contributed by atoms with Crippen LogP contribution in [0.5, 0.6) is 0 Å². The van der Waals surface area contributed by atoms with Gasteiger partial charge in [-0.1, -0.05) is 6.07 Å². The maximum atomic E-state index is 14.1. The number of aromatic nitrogens is 3. The number of carbonyl (C=O) groups is 1. The summed E-state index contributed by atoms with van der Waals surface area (Å²) in [6, 6.07) is 3.36. The molecule has 1 amide bonds. The molecule has 3 N–H and O–H groups in total. The minimum Gasteiger partial charge on any atom is -0.360 e. The van der Waals surface area contributed by atoms with Crippen molar-refractivity contribution in [3.05, 3.63) is 30.1 Å². The molecule has 0 spiro atoms. The number of H-pyrrole nitrogens is 1. The van der Waals surface area contributed by atoms with Gasteiger partial charge in [0.05, 0.1) is 22.2 Å². The topological polar surface area (TPSA) is 103 Å². The summed E-state index contributed by atoms with van der Waals surface area (Å²) in [4.78, 5) is 25.8. The van der Waals surface area contributed by atoms with Gasteiger partial charge in [0.1, 0.15) is 12.7 Å². The number of fused-ring (bicyclic) bond motifs is 1. The summed E-state index contributed by atoms with van der Waals surface area (Å²) in [7, 11) is -2.96. The van der Waals surface area contributed by atoms with E-state index in [2.05, 4.69) is 39.4 Å². The molecule has 1 atom stereocenters. The van der Waals surface area contributed by atoms with E-state index in [0.717, 1.165) is 31.9 Å². The fraction of sp³-hybridized carbons (Fsp3) is 0.519. The van der Waals surface area contributed by atoms with Gasteiger partial charge in [-0.05, 0) is 58.9 Å². The van der Waals surface area contributed by atoms with Crippen molar-refractivity contribution in [3.63, 3.8) is 0 Å². The number of nitrogens with one attached hydrogen (secondary N) is 3. The van der Waals surface area contributed by atoms with Gasteiger partial charge >= 0.3 is 6.18 Å². The van der Waals surface area contributed by atoms with E-state index in [1.807, 2.05) is 0 Å². The van der Waals surface area contributed by atoms with Crippen LogP contribution < -0.4 is 20.8 Å². The first-order chi connectivity index (χ1) is 18.2. The minimum atomic E-state index is -4.68. The first kappa shape index (κ1) is 27.6. The molecule has 5 rings (SSSR count). The zero-order chi connectivity index (χ0) is 28.2.